The second-order valence-electron chi connectivity index (χ2n) is 16.0. The van der Waals surface area contributed by atoms with E-state index in [-0.39, 0.29) is 75.0 Å². The summed E-state index contributed by atoms with van der Waals surface area (Å²) >= 11 is 0. The number of fused-ring (bicyclic) bond motifs is 1. The van der Waals surface area contributed by atoms with Crippen LogP contribution in [-0.4, -0.2) is 109 Å². The van der Waals surface area contributed by atoms with E-state index in [2.05, 4.69) is 46.5 Å². The number of H-pyrrole nitrogens is 2. The van der Waals surface area contributed by atoms with Gasteiger partial charge in [-0.15, -0.1) is 0 Å². The molecule has 17 heteroatoms. The highest BCUT2D eigenvalue weighted by Crippen LogP contribution is 2.24. The largest absolute Gasteiger partial charge is 0.370 e. The van der Waals surface area contributed by atoms with Gasteiger partial charge in [-0.25, -0.2) is 4.98 Å². The summed E-state index contributed by atoms with van der Waals surface area (Å²) in [6.07, 6.45) is 7.92. The molecule has 4 aromatic rings. The maximum absolute atomic E-state index is 14.5. The highest BCUT2D eigenvalue weighted by atomic mass is 16.2. The van der Waals surface area contributed by atoms with Crippen molar-refractivity contribution < 1.29 is 28.8 Å². The first-order valence-electron chi connectivity index (χ1n) is 21.7. The molecule has 63 heavy (non-hydrogen) atoms. The van der Waals surface area contributed by atoms with Crippen molar-refractivity contribution in [3.63, 3.8) is 0 Å². The van der Waals surface area contributed by atoms with Gasteiger partial charge in [-0.1, -0.05) is 55.0 Å². The number of nitrogens with one attached hydrogen (secondary N) is 7. The first-order chi connectivity index (χ1) is 30.4. The zero-order chi connectivity index (χ0) is 45.6. The topological polar surface area (TPSA) is 271 Å². The third-order valence-corrected chi connectivity index (χ3v) is 11.2. The molecule has 0 fully saturated rings. The number of Topliss-reactive ketones (excluding diaryl/α,β-unsaturated/α-hetero) is 3. The number of hydrogen-bond donors (Lipinski definition) is 9. The number of rotatable bonds is 30. The lowest BCUT2D eigenvalue weighted by Crippen LogP contribution is -2.47. The highest BCUT2D eigenvalue weighted by molar-refractivity contribution is 5.96. The molecule has 0 bridgehead atoms. The molecule has 0 radical (unpaired) electrons. The number of aromatic nitrogens is 3. The number of imidazole rings is 1. The fourth-order valence-electron chi connectivity index (χ4n) is 7.75. The highest BCUT2D eigenvalue weighted by Gasteiger charge is 2.32. The van der Waals surface area contributed by atoms with Crippen LogP contribution in [0.5, 0.6) is 0 Å². The van der Waals surface area contributed by atoms with Crippen LogP contribution in [0.4, 0.5) is 0 Å². The van der Waals surface area contributed by atoms with E-state index in [9.17, 15) is 28.8 Å². The zero-order valence-electron chi connectivity index (χ0n) is 36.7. The number of benzene rings is 2. The average Bonchev–Trinajstić information content (AvgIpc) is 3.96. The van der Waals surface area contributed by atoms with Gasteiger partial charge in [0, 0.05) is 86.0 Å². The van der Waals surface area contributed by atoms with Crippen molar-refractivity contribution in [2.24, 2.45) is 34.2 Å². The number of ketones is 3. The maximum atomic E-state index is 14.5. The Morgan fingerprint density at radius 3 is 2.13 bits per heavy atom. The Kier molecular flexibility index (Phi) is 20.7. The van der Waals surface area contributed by atoms with Gasteiger partial charge in [-0.05, 0) is 76.4 Å². The van der Waals surface area contributed by atoms with Crippen molar-refractivity contribution in [2.45, 2.75) is 82.7 Å². The number of carbonyl (C=O) groups excluding carboxylic acids is 6. The van der Waals surface area contributed by atoms with E-state index in [4.69, 9.17) is 11.5 Å². The molecule has 5 atom stereocenters. The summed E-state index contributed by atoms with van der Waals surface area (Å²) in [6, 6.07) is 15.3. The Labute approximate surface area is 369 Å². The number of guanidine groups is 1. The van der Waals surface area contributed by atoms with Crippen molar-refractivity contribution in [3.8, 4) is 0 Å². The summed E-state index contributed by atoms with van der Waals surface area (Å²) in [5, 5.41) is 15.4. The molecule has 2 aromatic heterocycles. The number of hydrogen-bond acceptors (Lipinski definition) is 10. The summed E-state index contributed by atoms with van der Waals surface area (Å²) in [5.74, 6) is -4.54. The molecule has 3 amide bonds. The lowest BCUT2D eigenvalue weighted by Gasteiger charge is -2.25. The summed E-state index contributed by atoms with van der Waals surface area (Å²) in [7, 11) is 5.07. The van der Waals surface area contributed by atoms with Gasteiger partial charge >= 0.3 is 0 Å². The fraction of sp³-hybridized carbons (Fsp3) is 0.478. The Morgan fingerprint density at radius 2 is 1.44 bits per heavy atom. The van der Waals surface area contributed by atoms with Crippen molar-refractivity contribution >= 4 is 51.9 Å². The average molecular weight is 868 g/mol. The first kappa shape index (κ1) is 49.5. The molecule has 0 aliphatic heterocycles. The minimum absolute atomic E-state index is 0.0413. The molecule has 11 N–H and O–H groups in total. The fourth-order valence-corrected chi connectivity index (χ4v) is 7.75. The van der Waals surface area contributed by atoms with Crippen molar-refractivity contribution in [1.82, 2.24) is 41.5 Å². The molecular weight excluding hydrogens is 803 g/mol. The van der Waals surface area contributed by atoms with Crippen LogP contribution in [0.2, 0.25) is 0 Å². The SMILES string of the molecule is CNCCCC[C@H](CC(=O)CNC(=O)[C@@H](CC(=O)[C@H](CCCN=C(N)N)NC(=O)[C@H](CC(=O)[C@H](Cc1cnc[nH]1)NC)Cc1ccccc1)Cc1c[nH]c2ccccc12)C(=O)NC. The van der Waals surface area contributed by atoms with Crippen molar-refractivity contribution in [3.05, 3.63) is 90.1 Å². The number of carbonyl (C=O) groups is 6. The molecule has 17 nitrogen and oxygen atoms in total. The Balaban J connectivity index is 1.57. The van der Waals surface area contributed by atoms with Crippen LogP contribution in [0, 0.1) is 17.8 Å². The molecule has 340 valence electrons. The molecule has 0 saturated carbocycles. The molecule has 4 rings (SSSR count). The summed E-state index contributed by atoms with van der Waals surface area (Å²) < 4.78 is 0. The van der Waals surface area contributed by atoms with Crippen LogP contribution in [0.3, 0.4) is 0 Å². The van der Waals surface area contributed by atoms with E-state index >= 15 is 0 Å². The van der Waals surface area contributed by atoms with Gasteiger partial charge < -0.3 is 48.0 Å². The van der Waals surface area contributed by atoms with E-state index in [1.54, 1.807) is 19.4 Å². The van der Waals surface area contributed by atoms with Crippen LogP contribution in [0.15, 0.2) is 78.3 Å². The monoisotopic (exact) mass is 868 g/mol. The lowest BCUT2D eigenvalue weighted by atomic mass is 9.88. The Bertz CT molecular complexity index is 2100. The van der Waals surface area contributed by atoms with Crippen LogP contribution in [0.25, 0.3) is 10.9 Å². The first-order valence-corrected chi connectivity index (χ1v) is 21.7. The third kappa shape index (κ3) is 16.5. The van der Waals surface area contributed by atoms with E-state index in [0.29, 0.717) is 19.3 Å². The minimum Gasteiger partial charge on any atom is -0.370 e. The van der Waals surface area contributed by atoms with Gasteiger partial charge in [-0.3, -0.25) is 33.8 Å². The Hall–Kier alpha value is -6.20. The molecule has 0 aliphatic rings. The number of likely N-dealkylation sites (N-methyl/N-ethyl adjacent to an activating group) is 1. The number of nitrogens with two attached hydrogens (primary N) is 2. The third-order valence-electron chi connectivity index (χ3n) is 11.2. The molecular formula is C46H65N11O6. The standard InChI is InChI=1S/C46H65N11O6/c1-49-18-10-9-14-31(43(61)51-3)22-36(58)28-55-44(62)33(21-34-26-54-38-16-8-7-15-37(34)38)24-41(59)39(17-11-19-53-46(47)48)57-45(63)32(20-30-12-5-4-6-13-30)23-42(60)40(50-2)25-35-27-52-29-56-35/h4-8,12-13,15-16,26-27,29,31-33,39-40,49-50,54H,9-11,14,17-25,28H2,1-3H3,(H,51,61)(H,52,56)(H,55,62)(H,57,63)(H4,47,48,53)/t31-,32+,33-,39+,40+/m1/s1. The molecule has 2 aromatic carbocycles. The van der Waals surface area contributed by atoms with Gasteiger partial charge in [0.15, 0.2) is 23.3 Å². The second-order valence-corrected chi connectivity index (χ2v) is 16.0. The predicted molar refractivity (Wildman–Crippen MR) is 243 cm³/mol. The predicted octanol–water partition coefficient (Wildman–Crippen LogP) is 2.02. The number of aliphatic imine (C=N–C) groups is 1. The summed E-state index contributed by atoms with van der Waals surface area (Å²) in [4.78, 5) is 97.0. The van der Waals surface area contributed by atoms with Crippen LogP contribution < -0.4 is 38.1 Å². The molecule has 0 saturated heterocycles. The number of para-hydroxylation sites is 1. The number of nitrogens with zero attached hydrogens (tertiary/aromatic N) is 2. The maximum Gasteiger partial charge on any atom is 0.224 e. The van der Waals surface area contributed by atoms with Gasteiger partial charge in [0.1, 0.15) is 0 Å². The number of amides is 3. The Morgan fingerprint density at radius 1 is 0.730 bits per heavy atom. The van der Waals surface area contributed by atoms with Gasteiger partial charge in [-0.2, -0.15) is 0 Å². The van der Waals surface area contributed by atoms with Crippen molar-refractivity contribution in [2.75, 3.05) is 40.8 Å². The molecule has 0 spiro atoms. The normalized spacial score (nSPS) is 13.6. The number of aromatic amines is 2. The lowest BCUT2D eigenvalue weighted by molar-refractivity contribution is -0.134. The number of unbranched alkanes of at least 4 members (excludes halogenated alkanes) is 1. The molecule has 2 heterocycles. The van der Waals surface area contributed by atoms with E-state index in [1.807, 2.05) is 61.6 Å². The zero-order valence-corrected chi connectivity index (χ0v) is 36.7. The van der Waals surface area contributed by atoms with Crippen LogP contribution in [0.1, 0.15) is 68.2 Å². The second kappa shape index (κ2) is 26.3. The molecule has 0 aliphatic carbocycles. The van der Waals surface area contributed by atoms with Crippen LogP contribution in [-0.2, 0) is 48.0 Å². The minimum atomic E-state index is -1.05. The van der Waals surface area contributed by atoms with Crippen molar-refractivity contribution in [1.29, 1.82) is 0 Å². The molecule has 0 unspecified atom stereocenters. The van der Waals surface area contributed by atoms with Crippen LogP contribution >= 0.6 is 0 Å². The van der Waals surface area contributed by atoms with Gasteiger partial charge in [0.2, 0.25) is 17.7 Å². The van der Waals surface area contributed by atoms with E-state index in [1.165, 1.54) is 13.4 Å². The summed E-state index contributed by atoms with van der Waals surface area (Å²) in [6.45, 7) is 0.669. The van der Waals surface area contributed by atoms with Gasteiger partial charge in [0.25, 0.3) is 0 Å². The van der Waals surface area contributed by atoms with E-state index < -0.39 is 47.4 Å². The van der Waals surface area contributed by atoms with E-state index in [0.717, 1.165) is 47.1 Å². The van der Waals surface area contributed by atoms with Gasteiger partial charge in [0.05, 0.1) is 25.0 Å². The summed E-state index contributed by atoms with van der Waals surface area (Å²) in [5.41, 5.74) is 14.4. The quantitative estimate of drug-likeness (QED) is 0.0208. The smallest absolute Gasteiger partial charge is 0.224 e.